The summed E-state index contributed by atoms with van der Waals surface area (Å²) in [7, 11) is 0. The molecule has 1 saturated heterocycles. The highest BCUT2D eigenvalue weighted by Gasteiger charge is 2.76. The number of aldehydes is 1. The molecule has 0 aromatic carbocycles. The summed E-state index contributed by atoms with van der Waals surface area (Å²) in [5.74, 6) is -2.69. The first-order valence-corrected chi connectivity index (χ1v) is 11.4. The van der Waals surface area contributed by atoms with Crippen LogP contribution in [0.1, 0.15) is 59.3 Å². The molecule has 1 aliphatic heterocycles. The van der Waals surface area contributed by atoms with Crippen LogP contribution in [0.5, 0.6) is 0 Å². The van der Waals surface area contributed by atoms with Gasteiger partial charge in [0, 0.05) is 23.7 Å². The molecule has 0 aromatic rings. The van der Waals surface area contributed by atoms with Crippen molar-refractivity contribution < 1.29 is 28.7 Å². The summed E-state index contributed by atoms with van der Waals surface area (Å²) in [6, 6.07) is 0. The number of ketones is 1. The minimum atomic E-state index is -1.61. The predicted molar refractivity (Wildman–Crippen MR) is 113 cm³/mol. The highest BCUT2D eigenvalue weighted by atomic mass is 16.6. The number of Topliss-reactive ketones (excluding diaryl/α,β-unsaturated/α-hetero) is 1. The van der Waals surface area contributed by atoms with Crippen molar-refractivity contribution >= 4 is 24.0 Å². The number of hydrogen-bond donors (Lipinski definition) is 0. The molecule has 6 atom stereocenters. The second-order valence-corrected chi connectivity index (χ2v) is 10.4. The predicted octanol–water partition coefficient (Wildman–Crippen LogP) is 3.58. The van der Waals surface area contributed by atoms with Crippen LogP contribution in [0.4, 0.5) is 0 Å². The maximum Gasteiger partial charge on any atom is 0.324 e. The third-order valence-electron chi connectivity index (χ3n) is 8.31. The number of unbranched alkanes of at least 4 members (excludes halogenated alkanes) is 1. The first-order valence-electron chi connectivity index (χ1n) is 11.4. The van der Waals surface area contributed by atoms with Gasteiger partial charge in [-0.1, -0.05) is 45.9 Å². The van der Waals surface area contributed by atoms with Crippen LogP contribution in [0.25, 0.3) is 0 Å². The van der Waals surface area contributed by atoms with Crippen LogP contribution in [-0.2, 0) is 28.7 Å². The molecule has 0 radical (unpaired) electrons. The molecule has 3 aliphatic carbocycles. The van der Waals surface area contributed by atoms with Gasteiger partial charge in [-0.3, -0.25) is 14.4 Å². The first kappa shape index (κ1) is 22.0. The van der Waals surface area contributed by atoms with E-state index < -0.39 is 40.7 Å². The smallest absolute Gasteiger partial charge is 0.324 e. The summed E-state index contributed by atoms with van der Waals surface area (Å²) in [6.07, 6.45) is 7.74. The molecule has 6 nitrogen and oxygen atoms in total. The number of esters is 2. The van der Waals surface area contributed by atoms with Crippen molar-refractivity contribution in [2.24, 2.45) is 34.0 Å². The van der Waals surface area contributed by atoms with Crippen molar-refractivity contribution in [2.75, 3.05) is 6.61 Å². The van der Waals surface area contributed by atoms with Gasteiger partial charge in [0.15, 0.2) is 11.2 Å². The molecule has 3 fully saturated rings. The van der Waals surface area contributed by atoms with Crippen molar-refractivity contribution in [1.82, 2.24) is 0 Å². The second-order valence-electron chi connectivity index (χ2n) is 10.4. The van der Waals surface area contributed by atoms with E-state index in [0.717, 1.165) is 19.1 Å². The van der Waals surface area contributed by atoms with Crippen molar-refractivity contribution in [3.05, 3.63) is 24.3 Å². The average Bonchev–Trinajstić information content (AvgIpc) is 2.84. The Hall–Kier alpha value is -2.24. The Morgan fingerprint density at radius 2 is 2.06 bits per heavy atom. The number of carbonyl (C=O) groups is 4. The normalized spacial score (nSPS) is 40.4. The Balaban J connectivity index is 1.84. The van der Waals surface area contributed by atoms with E-state index >= 15 is 0 Å². The Morgan fingerprint density at radius 3 is 2.74 bits per heavy atom. The molecule has 168 valence electrons. The maximum atomic E-state index is 13.6. The molecule has 2 spiro atoms. The van der Waals surface area contributed by atoms with Crippen LogP contribution in [0.2, 0.25) is 0 Å². The zero-order valence-electron chi connectivity index (χ0n) is 18.6. The van der Waals surface area contributed by atoms with Crippen LogP contribution in [0.15, 0.2) is 24.3 Å². The second kappa shape index (κ2) is 7.42. The highest BCUT2D eigenvalue weighted by molar-refractivity contribution is 6.16. The van der Waals surface area contributed by atoms with Crippen molar-refractivity contribution in [1.29, 1.82) is 0 Å². The molecule has 0 unspecified atom stereocenters. The maximum absolute atomic E-state index is 13.6. The Bertz CT molecular complexity index is 869. The summed E-state index contributed by atoms with van der Waals surface area (Å²) in [5.41, 5.74) is -2.41. The molecule has 0 N–H and O–H groups in total. The molecular weight excluding hydrogens is 396 g/mol. The van der Waals surface area contributed by atoms with Gasteiger partial charge in [-0.15, -0.1) is 0 Å². The minimum Gasteiger partial charge on any atom is -0.464 e. The number of allylic oxidation sites excluding steroid dienone is 1. The van der Waals surface area contributed by atoms with Gasteiger partial charge in [0.2, 0.25) is 0 Å². The van der Waals surface area contributed by atoms with Gasteiger partial charge >= 0.3 is 11.9 Å². The van der Waals surface area contributed by atoms with Crippen LogP contribution < -0.4 is 0 Å². The van der Waals surface area contributed by atoms with Gasteiger partial charge in [0.05, 0.1) is 0 Å². The Morgan fingerprint density at radius 1 is 1.32 bits per heavy atom. The van der Waals surface area contributed by atoms with Crippen molar-refractivity contribution in [3.8, 4) is 0 Å². The largest absolute Gasteiger partial charge is 0.464 e. The Labute approximate surface area is 183 Å². The van der Waals surface area contributed by atoms with E-state index in [1.54, 1.807) is 0 Å². The molecule has 6 heteroatoms. The van der Waals surface area contributed by atoms with Gasteiger partial charge in [-0.25, -0.2) is 0 Å². The van der Waals surface area contributed by atoms with Gasteiger partial charge in [0.25, 0.3) is 0 Å². The summed E-state index contributed by atoms with van der Waals surface area (Å²) in [4.78, 5) is 52.0. The van der Waals surface area contributed by atoms with E-state index in [-0.39, 0.29) is 30.1 Å². The third-order valence-corrected chi connectivity index (χ3v) is 8.31. The summed E-state index contributed by atoms with van der Waals surface area (Å²) < 4.78 is 11.6. The van der Waals surface area contributed by atoms with E-state index in [2.05, 4.69) is 6.58 Å². The van der Waals surface area contributed by atoms with Gasteiger partial charge in [-0.05, 0) is 42.6 Å². The summed E-state index contributed by atoms with van der Waals surface area (Å²) >= 11 is 0. The lowest BCUT2D eigenvalue weighted by molar-refractivity contribution is -0.216. The SMILES string of the molecule is C=C1C(=O)[C@@]23C(=O)OC[C@]4(C=CCC(C)(C)[C@H]4C=O)[C@@H]2CC[C@@H]1[C@H]3OC(=O)CCCC. The molecule has 2 saturated carbocycles. The average molecular weight is 429 g/mol. The molecule has 2 bridgehead atoms. The van der Waals surface area contributed by atoms with Crippen LogP contribution in [0.3, 0.4) is 0 Å². The molecule has 0 aromatic heterocycles. The number of carbonyl (C=O) groups excluding carboxylic acids is 4. The molecule has 0 amide bonds. The quantitative estimate of drug-likeness (QED) is 0.219. The molecule has 4 aliphatic rings. The van der Waals surface area contributed by atoms with Crippen LogP contribution in [0, 0.1) is 34.0 Å². The zero-order chi connectivity index (χ0) is 22.6. The van der Waals surface area contributed by atoms with Crippen molar-refractivity contribution in [2.45, 2.75) is 65.4 Å². The zero-order valence-corrected chi connectivity index (χ0v) is 18.6. The molecule has 4 rings (SSSR count). The van der Waals surface area contributed by atoms with Gasteiger partial charge in [-0.2, -0.15) is 0 Å². The van der Waals surface area contributed by atoms with Gasteiger partial charge in [0.1, 0.15) is 19.0 Å². The van der Waals surface area contributed by atoms with E-state index in [1.807, 2.05) is 32.9 Å². The van der Waals surface area contributed by atoms with E-state index in [9.17, 15) is 19.2 Å². The van der Waals surface area contributed by atoms with E-state index in [1.165, 1.54) is 0 Å². The lowest BCUT2D eigenvalue weighted by Crippen LogP contribution is -2.66. The summed E-state index contributed by atoms with van der Waals surface area (Å²) in [6.45, 7) is 10.1. The standard InChI is InChI=1S/C25H32O6/c1-5-6-8-19(27)31-21-16-9-10-17-24(12-7-11-23(3,4)18(24)13-26)14-30-22(29)25(17,21)20(28)15(16)2/h7,12-13,16-18,21H,2,5-6,8-11,14H2,1,3-4H3/t16-,17-,18+,21+,24+,25-/m0/s1. The molecule has 1 heterocycles. The number of ether oxygens (including phenoxy) is 2. The van der Waals surface area contributed by atoms with Crippen molar-refractivity contribution in [3.63, 3.8) is 0 Å². The van der Waals surface area contributed by atoms with E-state index in [0.29, 0.717) is 24.8 Å². The molecular formula is C25H32O6. The lowest BCUT2D eigenvalue weighted by Gasteiger charge is -2.58. The number of hydrogen-bond acceptors (Lipinski definition) is 6. The van der Waals surface area contributed by atoms with Crippen LogP contribution >= 0.6 is 0 Å². The number of fused-ring (bicyclic) bond motifs is 2. The lowest BCUT2D eigenvalue weighted by atomic mass is 9.46. The minimum absolute atomic E-state index is 0.0580. The number of cyclic esters (lactones) is 1. The summed E-state index contributed by atoms with van der Waals surface area (Å²) in [5, 5.41) is 0. The first-order chi connectivity index (χ1) is 14.7. The fraction of sp³-hybridized carbons (Fsp3) is 0.680. The molecule has 31 heavy (non-hydrogen) atoms. The number of rotatable bonds is 5. The van der Waals surface area contributed by atoms with Crippen LogP contribution in [-0.4, -0.2) is 36.7 Å². The fourth-order valence-corrected chi connectivity index (χ4v) is 6.79. The topological polar surface area (TPSA) is 86.7 Å². The third kappa shape index (κ3) is 2.82. The highest BCUT2D eigenvalue weighted by Crippen LogP contribution is 2.67. The monoisotopic (exact) mass is 428 g/mol. The fourth-order valence-electron chi connectivity index (χ4n) is 6.79. The van der Waals surface area contributed by atoms with E-state index in [4.69, 9.17) is 9.47 Å². The van der Waals surface area contributed by atoms with Gasteiger partial charge < -0.3 is 14.3 Å². The Kier molecular flexibility index (Phi) is 5.26.